The minimum atomic E-state index is -0.522. The SMILES string of the molecule is C[C@H](NC(=O)C(=O)N1CCCCC1)[C@@H](c1cccs1)N1CCN(c2ccccc2F)CC1. The topological polar surface area (TPSA) is 55.9 Å². The lowest BCUT2D eigenvalue weighted by molar-refractivity contribution is -0.147. The van der Waals surface area contributed by atoms with Crippen LogP contribution in [-0.2, 0) is 9.59 Å². The zero-order valence-electron chi connectivity index (χ0n) is 18.5. The van der Waals surface area contributed by atoms with Gasteiger partial charge in [-0.3, -0.25) is 14.5 Å². The van der Waals surface area contributed by atoms with Crippen molar-refractivity contribution >= 4 is 28.8 Å². The highest BCUT2D eigenvalue weighted by Crippen LogP contribution is 2.30. The number of carbonyl (C=O) groups is 2. The number of halogens is 1. The number of thiophene rings is 1. The van der Waals surface area contributed by atoms with Crippen molar-refractivity contribution in [1.82, 2.24) is 15.1 Å². The summed E-state index contributed by atoms with van der Waals surface area (Å²) >= 11 is 1.65. The molecule has 2 fully saturated rings. The number of nitrogens with one attached hydrogen (secondary N) is 1. The molecule has 172 valence electrons. The van der Waals surface area contributed by atoms with E-state index in [2.05, 4.69) is 21.2 Å². The van der Waals surface area contributed by atoms with Crippen LogP contribution in [0.5, 0.6) is 0 Å². The van der Waals surface area contributed by atoms with Crippen LogP contribution >= 0.6 is 11.3 Å². The van der Waals surface area contributed by atoms with E-state index in [9.17, 15) is 14.0 Å². The lowest BCUT2D eigenvalue weighted by atomic mass is 10.0. The van der Waals surface area contributed by atoms with Gasteiger partial charge in [0.25, 0.3) is 0 Å². The maximum Gasteiger partial charge on any atom is 0.311 e. The number of benzene rings is 1. The van der Waals surface area contributed by atoms with Gasteiger partial charge in [0.1, 0.15) is 5.82 Å². The second-order valence-electron chi connectivity index (χ2n) is 8.55. The van der Waals surface area contributed by atoms with Gasteiger partial charge in [0, 0.05) is 50.2 Å². The number of hydrogen-bond acceptors (Lipinski definition) is 5. The van der Waals surface area contributed by atoms with Crippen molar-refractivity contribution in [2.75, 3.05) is 44.2 Å². The molecule has 1 N–H and O–H groups in total. The molecule has 0 spiro atoms. The molecule has 3 heterocycles. The van der Waals surface area contributed by atoms with Gasteiger partial charge in [-0.1, -0.05) is 18.2 Å². The molecule has 2 saturated heterocycles. The van der Waals surface area contributed by atoms with E-state index in [1.807, 2.05) is 30.5 Å². The van der Waals surface area contributed by atoms with E-state index in [0.29, 0.717) is 31.9 Å². The molecule has 0 unspecified atom stereocenters. The van der Waals surface area contributed by atoms with Crippen LogP contribution in [0.15, 0.2) is 41.8 Å². The first-order chi connectivity index (χ1) is 15.5. The number of piperidine rings is 1. The van der Waals surface area contributed by atoms with E-state index in [0.717, 1.165) is 37.2 Å². The van der Waals surface area contributed by atoms with Gasteiger partial charge in [0.2, 0.25) is 0 Å². The van der Waals surface area contributed by atoms with Crippen molar-refractivity contribution in [3.63, 3.8) is 0 Å². The molecular weight excluding hydrogens is 427 g/mol. The molecule has 0 saturated carbocycles. The first kappa shape index (κ1) is 22.7. The molecule has 2 amide bonds. The number of hydrogen-bond donors (Lipinski definition) is 1. The Bertz CT molecular complexity index is 908. The van der Waals surface area contributed by atoms with Gasteiger partial charge in [-0.15, -0.1) is 11.3 Å². The summed E-state index contributed by atoms with van der Waals surface area (Å²) in [5.74, 6) is -1.15. The van der Waals surface area contributed by atoms with Crippen LogP contribution in [-0.4, -0.2) is 66.9 Å². The summed E-state index contributed by atoms with van der Waals surface area (Å²) in [4.78, 5) is 32.6. The molecule has 0 bridgehead atoms. The maximum absolute atomic E-state index is 14.2. The van der Waals surface area contributed by atoms with E-state index < -0.39 is 11.8 Å². The Hall–Kier alpha value is -2.45. The summed E-state index contributed by atoms with van der Waals surface area (Å²) in [7, 11) is 0. The molecule has 2 aromatic rings. The van der Waals surface area contributed by atoms with Gasteiger partial charge in [-0.05, 0) is 49.8 Å². The predicted octanol–water partition coefficient (Wildman–Crippen LogP) is 3.27. The Kier molecular flexibility index (Phi) is 7.42. The van der Waals surface area contributed by atoms with Crippen LogP contribution in [0.4, 0.5) is 10.1 Å². The van der Waals surface area contributed by atoms with Crippen molar-refractivity contribution < 1.29 is 14.0 Å². The number of rotatable bonds is 5. The zero-order chi connectivity index (χ0) is 22.5. The Morgan fingerprint density at radius 2 is 1.69 bits per heavy atom. The summed E-state index contributed by atoms with van der Waals surface area (Å²) < 4.78 is 14.2. The lowest BCUT2D eigenvalue weighted by Crippen LogP contribution is -2.54. The Morgan fingerprint density at radius 3 is 2.34 bits per heavy atom. The minimum absolute atomic E-state index is 0.0316. The van der Waals surface area contributed by atoms with Crippen molar-refractivity contribution in [3.05, 3.63) is 52.5 Å². The number of likely N-dealkylation sites (tertiary alicyclic amines) is 1. The van der Waals surface area contributed by atoms with Crippen molar-refractivity contribution in [2.24, 2.45) is 0 Å². The molecule has 0 aliphatic carbocycles. The molecule has 2 atom stereocenters. The fraction of sp³-hybridized carbons (Fsp3) is 0.500. The normalized spacial score (nSPS) is 19.4. The molecule has 2 aliphatic heterocycles. The highest BCUT2D eigenvalue weighted by Gasteiger charge is 2.33. The van der Waals surface area contributed by atoms with Gasteiger partial charge < -0.3 is 15.1 Å². The van der Waals surface area contributed by atoms with Crippen LogP contribution < -0.4 is 10.2 Å². The molecule has 0 radical (unpaired) electrons. The van der Waals surface area contributed by atoms with Crippen molar-refractivity contribution in [3.8, 4) is 0 Å². The third kappa shape index (κ3) is 5.13. The summed E-state index contributed by atoms with van der Waals surface area (Å²) in [6.45, 7) is 6.19. The lowest BCUT2D eigenvalue weighted by Gasteiger charge is -2.42. The highest BCUT2D eigenvalue weighted by molar-refractivity contribution is 7.10. The van der Waals surface area contributed by atoms with Gasteiger partial charge in [-0.2, -0.15) is 0 Å². The van der Waals surface area contributed by atoms with E-state index in [1.54, 1.807) is 22.3 Å². The van der Waals surface area contributed by atoms with Gasteiger partial charge >= 0.3 is 11.8 Å². The molecule has 4 rings (SSSR count). The van der Waals surface area contributed by atoms with Gasteiger partial charge in [-0.25, -0.2) is 4.39 Å². The average molecular weight is 459 g/mol. The van der Waals surface area contributed by atoms with E-state index in [4.69, 9.17) is 0 Å². The van der Waals surface area contributed by atoms with Crippen LogP contribution in [0.2, 0.25) is 0 Å². The summed E-state index contributed by atoms with van der Waals surface area (Å²) in [6, 6.07) is 10.7. The largest absolute Gasteiger partial charge is 0.367 e. The van der Waals surface area contributed by atoms with E-state index in [1.165, 1.54) is 6.07 Å². The van der Waals surface area contributed by atoms with Gasteiger partial charge in [0.15, 0.2) is 0 Å². The van der Waals surface area contributed by atoms with Crippen LogP contribution in [0.25, 0.3) is 0 Å². The number of nitrogens with zero attached hydrogens (tertiary/aromatic N) is 3. The molecule has 1 aromatic carbocycles. The number of para-hydroxylation sites is 1. The molecule has 2 aliphatic rings. The Balaban J connectivity index is 1.42. The Labute approximate surface area is 193 Å². The smallest absolute Gasteiger partial charge is 0.311 e. The molecule has 32 heavy (non-hydrogen) atoms. The second-order valence-corrected chi connectivity index (χ2v) is 9.53. The maximum atomic E-state index is 14.2. The molecule has 8 heteroatoms. The molecule has 6 nitrogen and oxygen atoms in total. The number of anilines is 1. The van der Waals surface area contributed by atoms with Crippen LogP contribution in [0.3, 0.4) is 0 Å². The number of amides is 2. The standard InChI is InChI=1S/C24H31FN4O2S/c1-18(26-23(30)24(31)29-11-5-2-6-12-29)22(21-10-7-17-32-21)28-15-13-27(14-16-28)20-9-4-3-8-19(20)25/h3-4,7-10,17-18,22H,2,5-6,11-16H2,1H3,(H,26,30)/t18-,22-/m0/s1. The van der Waals surface area contributed by atoms with Crippen molar-refractivity contribution in [2.45, 2.75) is 38.3 Å². The molecule has 1 aromatic heterocycles. The quantitative estimate of drug-likeness (QED) is 0.699. The average Bonchev–Trinajstić information content (AvgIpc) is 3.34. The fourth-order valence-electron chi connectivity index (χ4n) is 4.74. The summed E-state index contributed by atoms with van der Waals surface area (Å²) in [5.41, 5.74) is 0.633. The fourth-order valence-corrected chi connectivity index (χ4v) is 5.70. The molecular formula is C24H31FN4O2S. The van der Waals surface area contributed by atoms with E-state index in [-0.39, 0.29) is 17.9 Å². The van der Waals surface area contributed by atoms with Crippen LogP contribution in [0.1, 0.15) is 37.1 Å². The predicted molar refractivity (Wildman–Crippen MR) is 125 cm³/mol. The van der Waals surface area contributed by atoms with Crippen LogP contribution in [0, 0.1) is 5.82 Å². The number of piperazine rings is 1. The first-order valence-corrected chi connectivity index (χ1v) is 12.3. The van der Waals surface area contributed by atoms with E-state index >= 15 is 0 Å². The minimum Gasteiger partial charge on any atom is -0.367 e. The monoisotopic (exact) mass is 458 g/mol. The summed E-state index contributed by atoms with van der Waals surface area (Å²) in [6.07, 6.45) is 3.03. The van der Waals surface area contributed by atoms with Gasteiger partial charge in [0.05, 0.1) is 11.7 Å². The zero-order valence-corrected chi connectivity index (χ0v) is 19.3. The highest BCUT2D eigenvalue weighted by atomic mass is 32.1. The Morgan fingerprint density at radius 1 is 0.969 bits per heavy atom. The number of carbonyl (C=O) groups excluding carboxylic acids is 2. The third-order valence-corrected chi connectivity index (χ3v) is 7.35. The van der Waals surface area contributed by atoms with Crippen molar-refractivity contribution in [1.29, 1.82) is 0 Å². The second kappa shape index (κ2) is 10.4. The first-order valence-electron chi connectivity index (χ1n) is 11.4. The third-order valence-electron chi connectivity index (χ3n) is 6.41. The summed E-state index contributed by atoms with van der Waals surface area (Å²) in [5, 5.41) is 5.01.